The molecule has 1 saturated heterocycles. The number of carbonyl (C=O) groups is 1. The summed E-state index contributed by atoms with van der Waals surface area (Å²) in [4.78, 5) is 19.8. The Bertz CT molecular complexity index is 1030. The summed E-state index contributed by atoms with van der Waals surface area (Å²) in [7, 11) is 3.13. The average Bonchev–Trinajstić information content (AvgIpc) is 3.28. The summed E-state index contributed by atoms with van der Waals surface area (Å²) in [5.74, 6) is 2.00. The Morgan fingerprint density at radius 3 is 2.63 bits per heavy atom. The molecule has 1 atom stereocenters. The fourth-order valence-corrected chi connectivity index (χ4v) is 3.75. The van der Waals surface area contributed by atoms with E-state index in [-0.39, 0.29) is 11.9 Å². The van der Waals surface area contributed by atoms with Gasteiger partial charge in [0.05, 0.1) is 19.8 Å². The van der Waals surface area contributed by atoms with Crippen molar-refractivity contribution in [1.29, 1.82) is 0 Å². The van der Waals surface area contributed by atoms with Crippen molar-refractivity contribution >= 4 is 5.91 Å². The number of carbonyl (C=O) groups excluding carboxylic acids is 1. The smallest absolute Gasteiger partial charge is 0.258 e. The average molecular weight is 407 g/mol. The van der Waals surface area contributed by atoms with Crippen molar-refractivity contribution in [2.75, 3.05) is 20.8 Å². The van der Waals surface area contributed by atoms with Crippen molar-refractivity contribution in [1.82, 2.24) is 15.0 Å². The Morgan fingerprint density at radius 2 is 1.90 bits per heavy atom. The molecule has 4 rings (SSSR count). The zero-order valence-corrected chi connectivity index (χ0v) is 17.4. The quantitative estimate of drug-likeness (QED) is 0.623. The number of aromatic nitrogens is 2. The van der Waals surface area contributed by atoms with Crippen LogP contribution in [0.25, 0.3) is 11.4 Å². The molecule has 0 N–H and O–H groups in total. The summed E-state index contributed by atoms with van der Waals surface area (Å²) in [6.45, 7) is 2.66. The Kier molecular flexibility index (Phi) is 5.70. The van der Waals surface area contributed by atoms with Crippen molar-refractivity contribution in [2.24, 2.45) is 0 Å². The van der Waals surface area contributed by atoms with Crippen LogP contribution in [0, 0.1) is 6.92 Å². The van der Waals surface area contributed by atoms with Crippen LogP contribution in [0.4, 0.5) is 0 Å². The second-order valence-electron chi connectivity index (χ2n) is 7.40. The highest BCUT2D eigenvalue weighted by Crippen LogP contribution is 2.34. The van der Waals surface area contributed by atoms with Crippen LogP contribution in [0.3, 0.4) is 0 Å². The molecule has 7 heteroatoms. The van der Waals surface area contributed by atoms with Gasteiger partial charge < -0.3 is 18.9 Å². The molecule has 1 aliphatic heterocycles. The first kappa shape index (κ1) is 19.9. The van der Waals surface area contributed by atoms with Crippen LogP contribution in [0.5, 0.6) is 11.5 Å². The van der Waals surface area contributed by atoms with Gasteiger partial charge in [-0.2, -0.15) is 4.98 Å². The second-order valence-corrected chi connectivity index (χ2v) is 7.40. The molecule has 1 amide bonds. The van der Waals surface area contributed by atoms with Crippen LogP contribution in [0.1, 0.15) is 47.1 Å². The van der Waals surface area contributed by atoms with Crippen LogP contribution in [0.2, 0.25) is 0 Å². The number of methoxy groups -OCH3 is 2. The zero-order chi connectivity index (χ0) is 21.1. The predicted octanol–water partition coefficient (Wildman–Crippen LogP) is 4.43. The number of ether oxygens (including phenoxy) is 2. The van der Waals surface area contributed by atoms with Crippen LogP contribution in [-0.4, -0.2) is 41.7 Å². The minimum absolute atomic E-state index is 0.116. The van der Waals surface area contributed by atoms with E-state index in [0.717, 1.165) is 24.8 Å². The van der Waals surface area contributed by atoms with Crippen LogP contribution in [-0.2, 0) is 0 Å². The Hall–Kier alpha value is -3.35. The molecule has 1 aliphatic rings. The molecule has 3 aromatic rings. The molecule has 1 aromatic heterocycles. The fraction of sp³-hybridized carbons (Fsp3) is 0.348. The van der Waals surface area contributed by atoms with Crippen molar-refractivity contribution < 1.29 is 18.8 Å². The Morgan fingerprint density at radius 1 is 1.10 bits per heavy atom. The lowest BCUT2D eigenvalue weighted by Gasteiger charge is -2.33. The maximum Gasteiger partial charge on any atom is 0.258 e. The van der Waals surface area contributed by atoms with Crippen LogP contribution < -0.4 is 9.47 Å². The molecule has 1 unspecified atom stereocenters. The Balaban J connectivity index is 1.62. The first-order valence-corrected chi connectivity index (χ1v) is 10.0. The standard InChI is InChI=1S/C23H25N3O4/c1-15-7-9-16(10-8-15)21-24-22(30-25-21)19-6-4-5-13-26(19)23(27)18-12-11-17(28-2)14-20(18)29-3/h7-12,14,19H,4-6,13H2,1-3H3. The first-order valence-electron chi connectivity index (χ1n) is 10.0. The molecular formula is C23H25N3O4. The summed E-state index contributed by atoms with van der Waals surface area (Å²) in [5.41, 5.74) is 2.55. The van der Waals surface area contributed by atoms with Gasteiger partial charge in [0.25, 0.3) is 5.91 Å². The molecule has 7 nitrogen and oxygen atoms in total. The van der Waals surface area contributed by atoms with Gasteiger partial charge in [-0.3, -0.25) is 4.79 Å². The van der Waals surface area contributed by atoms with Gasteiger partial charge in [-0.05, 0) is 38.3 Å². The third kappa shape index (κ3) is 3.87. The fourth-order valence-electron chi connectivity index (χ4n) is 3.75. The highest BCUT2D eigenvalue weighted by atomic mass is 16.5. The number of hydrogen-bond acceptors (Lipinski definition) is 6. The van der Waals surface area contributed by atoms with Gasteiger partial charge in [-0.1, -0.05) is 35.0 Å². The number of piperidine rings is 1. The lowest BCUT2D eigenvalue weighted by molar-refractivity contribution is 0.0558. The number of aryl methyl sites for hydroxylation is 1. The number of hydrogen-bond donors (Lipinski definition) is 0. The summed E-state index contributed by atoms with van der Waals surface area (Å²) >= 11 is 0. The summed E-state index contributed by atoms with van der Waals surface area (Å²) in [5, 5.41) is 4.15. The van der Waals surface area contributed by atoms with Gasteiger partial charge in [0.15, 0.2) is 0 Å². The maximum atomic E-state index is 13.4. The molecule has 2 heterocycles. The Labute approximate surface area is 175 Å². The van der Waals surface area contributed by atoms with Gasteiger partial charge in [0.2, 0.25) is 11.7 Å². The highest BCUT2D eigenvalue weighted by molar-refractivity contribution is 5.97. The lowest BCUT2D eigenvalue weighted by atomic mass is 10.00. The third-order valence-electron chi connectivity index (χ3n) is 5.44. The van der Waals surface area contributed by atoms with E-state index in [1.807, 2.05) is 31.2 Å². The topological polar surface area (TPSA) is 77.7 Å². The molecule has 2 aromatic carbocycles. The van der Waals surface area contributed by atoms with E-state index >= 15 is 0 Å². The predicted molar refractivity (Wildman–Crippen MR) is 112 cm³/mol. The van der Waals surface area contributed by atoms with Gasteiger partial charge >= 0.3 is 0 Å². The van der Waals surface area contributed by atoms with Crippen LogP contribution in [0.15, 0.2) is 47.0 Å². The molecule has 156 valence electrons. The van der Waals surface area contributed by atoms with Crippen molar-refractivity contribution in [3.05, 3.63) is 59.5 Å². The minimum Gasteiger partial charge on any atom is -0.497 e. The molecule has 0 spiro atoms. The van der Waals surface area contributed by atoms with Gasteiger partial charge in [-0.25, -0.2) is 0 Å². The van der Waals surface area contributed by atoms with E-state index < -0.39 is 0 Å². The van der Waals surface area contributed by atoms with E-state index in [1.54, 1.807) is 37.3 Å². The van der Waals surface area contributed by atoms with E-state index in [4.69, 9.17) is 14.0 Å². The number of benzene rings is 2. The van der Waals surface area contributed by atoms with E-state index in [0.29, 0.717) is 35.3 Å². The minimum atomic E-state index is -0.259. The first-order chi connectivity index (χ1) is 14.6. The number of nitrogens with zero attached hydrogens (tertiary/aromatic N) is 3. The second kappa shape index (κ2) is 8.57. The molecule has 0 bridgehead atoms. The normalized spacial score (nSPS) is 16.4. The van der Waals surface area contributed by atoms with Crippen molar-refractivity contribution in [3.8, 4) is 22.9 Å². The zero-order valence-electron chi connectivity index (χ0n) is 17.4. The largest absolute Gasteiger partial charge is 0.497 e. The summed E-state index contributed by atoms with van der Waals surface area (Å²) in [6, 6.07) is 12.9. The third-order valence-corrected chi connectivity index (χ3v) is 5.44. The molecule has 1 fully saturated rings. The van der Waals surface area contributed by atoms with Crippen LogP contribution >= 0.6 is 0 Å². The van der Waals surface area contributed by atoms with E-state index in [9.17, 15) is 4.79 Å². The molecule has 30 heavy (non-hydrogen) atoms. The molecular weight excluding hydrogens is 382 g/mol. The number of rotatable bonds is 5. The lowest BCUT2D eigenvalue weighted by Crippen LogP contribution is -2.38. The molecule has 0 aliphatic carbocycles. The number of amides is 1. The van der Waals surface area contributed by atoms with Gasteiger partial charge in [0.1, 0.15) is 17.5 Å². The molecule has 0 saturated carbocycles. The highest BCUT2D eigenvalue weighted by Gasteiger charge is 2.34. The molecule has 0 radical (unpaired) electrons. The van der Waals surface area contributed by atoms with Gasteiger partial charge in [0, 0.05) is 18.2 Å². The SMILES string of the molecule is COc1ccc(C(=O)N2CCCCC2c2nc(-c3ccc(C)cc3)no2)c(OC)c1. The maximum absolute atomic E-state index is 13.4. The van der Waals surface area contributed by atoms with Crippen molar-refractivity contribution in [2.45, 2.75) is 32.2 Å². The van der Waals surface area contributed by atoms with E-state index in [1.165, 1.54) is 5.56 Å². The summed E-state index contributed by atoms with van der Waals surface area (Å²) in [6.07, 6.45) is 2.70. The number of likely N-dealkylation sites (tertiary alicyclic amines) is 1. The monoisotopic (exact) mass is 407 g/mol. The van der Waals surface area contributed by atoms with Gasteiger partial charge in [-0.15, -0.1) is 0 Å². The summed E-state index contributed by atoms with van der Waals surface area (Å²) < 4.78 is 16.3. The van der Waals surface area contributed by atoms with Crippen molar-refractivity contribution in [3.63, 3.8) is 0 Å². The van der Waals surface area contributed by atoms with E-state index in [2.05, 4.69) is 10.1 Å².